The van der Waals surface area contributed by atoms with Crippen LogP contribution in [0.1, 0.15) is 18.4 Å². The predicted molar refractivity (Wildman–Crippen MR) is 80.9 cm³/mol. The Morgan fingerprint density at radius 2 is 2.10 bits per heavy atom. The smallest absolute Gasteiger partial charge is 0.120 e. The Balaban J connectivity index is 1.63. The molecule has 0 saturated carbocycles. The molecule has 2 aromatic carbocycles. The first-order valence-electron chi connectivity index (χ1n) is 7.32. The van der Waals surface area contributed by atoms with E-state index in [2.05, 4.69) is 17.4 Å². The maximum absolute atomic E-state index is 10.1. The Morgan fingerprint density at radius 1 is 1.20 bits per heavy atom. The van der Waals surface area contributed by atoms with Crippen molar-refractivity contribution in [1.82, 2.24) is 5.32 Å². The van der Waals surface area contributed by atoms with Gasteiger partial charge < -0.3 is 15.2 Å². The molecule has 0 spiro atoms. The minimum absolute atomic E-state index is 0.375. The van der Waals surface area contributed by atoms with Gasteiger partial charge in [-0.15, -0.1) is 0 Å². The number of aromatic hydroxyl groups is 1. The molecule has 1 fully saturated rings. The zero-order chi connectivity index (χ0) is 13.8. The fourth-order valence-corrected chi connectivity index (χ4v) is 2.84. The Labute approximate surface area is 119 Å². The van der Waals surface area contributed by atoms with Crippen LogP contribution in [0.25, 0.3) is 10.8 Å². The largest absolute Gasteiger partial charge is 0.508 e. The van der Waals surface area contributed by atoms with Crippen molar-refractivity contribution in [2.75, 3.05) is 19.8 Å². The van der Waals surface area contributed by atoms with Crippen LogP contribution in [0, 0.1) is 5.92 Å². The summed E-state index contributed by atoms with van der Waals surface area (Å²) < 4.78 is 5.38. The number of nitrogens with one attached hydrogen (secondary N) is 1. The average Bonchev–Trinajstić information content (AvgIpc) is 2.98. The Kier molecular flexibility index (Phi) is 4.19. The van der Waals surface area contributed by atoms with Gasteiger partial charge in [0.2, 0.25) is 0 Å². The summed E-state index contributed by atoms with van der Waals surface area (Å²) in [6, 6.07) is 11.9. The van der Waals surface area contributed by atoms with E-state index in [0.717, 1.165) is 37.1 Å². The molecular formula is C17H21NO2. The van der Waals surface area contributed by atoms with E-state index in [-0.39, 0.29) is 0 Å². The number of rotatable bonds is 5. The summed E-state index contributed by atoms with van der Waals surface area (Å²) in [5.74, 6) is 1.07. The van der Waals surface area contributed by atoms with Crippen molar-refractivity contribution in [3.05, 3.63) is 42.0 Å². The van der Waals surface area contributed by atoms with Gasteiger partial charge in [0, 0.05) is 25.3 Å². The van der Waals surface area contributed by atoms with Gasteiger partial charge in [-0.3, -0.25) is 0 Å². The molecule has 3 nitrogen and oxygen atoms in total. The lowest BCUT2D eigenvalue weighted by molar-refractivity contribution is 0.184. The van der Waals surface area contributed by atoms with Crippen LogP contribution in [0.3, 0.4) is 0 Å². The molecule has 1 aliphatic heterocycles. The van der Waals surface area contributed by atoms with Crippen LogP contribution < -0.4 is 5.32 Å². The minimum atomic E-state index is 0.375. The summed E-state index contributed by atoms with van der Waals surface area (Å²) in [6.45, 7) is 3.49. The minimum Gasteiger partial charge on any atom is -0.508 e. The second-order valence-corrected chi connectivity index (χ2v) is 5.48. The van der Waals surface area contributed by atoms with E-state index >= 15 is 0 Å². The second-order valence-electron chi connectivity index (χ2n) is 5.48. The maximum atomic E-state index is 10.1. The number of benzene rings is 2. The number of fused-ring (bicyclic) bond motifs is 1. The molecular weight excluding hydrogens is 250 g/mol. The van der Waals surface area contributed by atoms with Crippen molar-refractivity contribution in [2.45, 2.75) is 19.4 Å². The van der Waals surface area contributed by atoms with Crippen molar-refractivity contribution in [3.63, 3.8) is 0 Å². The van der Waals surface area contributed by atoms with E-state index < -0.39 is 0 Å². The molecule has 2 aromatic rings. The monoisotopic (exact) mass is 271 g/mol. The van der Waals surface area contributed by atoms with Crippen LogP contribution >= 0.6 is 0 Å². The van der Waals surface area contributed by atoms with Crippen LogP contribution in [0.5, 0.6) is 5.75 Å². The van der Waals surface area contributed by atoms with E-state index in [1.165, 1.54) is 11.8 Å². The lowest BCUT2D eigenvalue weighted by Crippen LogP contribution is -2.18. The zero-order valence-electron chi connectivity index (χ0n) is 11.6. The Morgan fingerprint density at radius 3 is 2.95 bits per heavy atom. The van der Waals surface area contributed by atoms with Crippen molar-refractivity contribution in [1.29, 1.82) is 0 Å². The van der Waals surface area contributed by atoms with E-state index in [1.807, 2.05) is 18.2 Å². The fraction of sp³-hybridized carbons (Fsp3) is 0.412. The highest BCUT2D eigenvalue weighted by Crippen LogP contribution is 2.26. The van der Waals surface area contributed by atoms with Gasteiger partial charge in [-0.25, -0.2) is 0 Å². The van der Waals surface area contributed by atoms with Crippen molar-refractivity contribution >= 4 is 10.8 Å². The highest BCUT2D eigenvalue weighted by atomic mass is 16.5. The molecule has 0 amide bonds. The molecule has 0 aliphatic carbocycles. The third kappa shape index (κ3) is 2.94. The molecule has 1 atom stereocenters. The standard InChI is InChI=1S/C17H21NO2/c19-17-6-5-14-3-1-2-4-15(14)16(17)11-18-9-7-13-8-10-20-12-13/h1-6,13,18-19H,7-12H2. The molecule has 1 unspecified atom stereocenters. The number of ether oxygens (including phenoxy) is 1. The molecule has 106 valence electrons. The lowest BCUT2D eigenvalue weighted by Gasteiger charge is -2.12. The number of phenolic OH excluding ortho intramolecular Hbond substituents is 1. The van der Waals surface area contributed by atoms with Crippen LogP contribution in [0.4, 0.5) is 0 Å². The molecule has 0 bridgehead atoms. The third-order valence-corrected chi connectivity index (χ3v) is 4.07. The normalized spacial score (nSPS) is 18.7. The van der Waals surface area contributed by atoms with E-state index in [4.69, 9.17) is 4.74 Å². The first-order chi connectivity index (χ1) is 9.84. The highest BCUT2D eigenvalue weighted by Gasteiger charge is 2.14. The van der Waals surface area contributed by atoms with E-state index in [0.29, 0.717) is 18.2 Å². The van der Waals surface area contributed by atoms with Gasteiger partial charge in [-0.2, -0.15) is 0 Å². The van der Waals surface area contributed by atoms with Crippen molar-refractivity contribution in [2.24, 2.45) is 5.92 Å². The zero-order valence-corrected chi connectivity index (χ0v) is 11.6. The molecule has 1 heterocycles. The quantitative estimate of drug-likeness (QED) is 0.821. The van der Waals surface area contributed by atoms with Crippen LogP contribution in [0.15, 0.2) is 36.4 Å². The van der Waals surface area contributed by atoms with Crippen molar-refractivity contribution < 1.29 is 9.84 Å². The van der Waals surface area contributed by atoms with Gasteiger partial charge in [0.25, 0.3) is 0 Å². The summed E-state index contributed by atoms with van der Waals surface area (Å²) in [4.78, 5) is 0. The number of hydrogen-bond acceptors (Lipinski definition) is 3. The molecule has 0 radical (unpaired) electrons. The summed E-state index contributed by atoms with van der Waals surface area (Å²) in [6.07, 6.45) is 2.33. The van der Waals surface area contributed by atoms with Gasteiger partial charge in [0.05, 0.1) is 0 Å². The maximum Gasteiger partial charge on any atom is 0.120 e. The summed E-state index contributed by atoms with van der Waals surface area (Å²) >= 11 is 0. The second kappa shape index (κ2) is 6.25. The molecule has 0 aromatic heterocycles. The summed E-state index contributed by atoms with van der Waals surface area (Å²) in [5.41, 5.74) is 0.991. The third-order valence-electron chi connectivity index (χ3n) is 4.07. The topological polar surface area (TPSA) is 41.5 Å². The summed E-state index contributed by atoms with van der Waals surface area (Å²) in [7, 11) is 0. The van der Waals surface area contributed by atoms with Gasteiger partial charge in [-0.1, -0.05) is 30.3 Å². The first kappa shape index (κ1) is 13.4. The fourth-order valence-electron chi connectivity index (χ4n) is 2.84. The van der Waals surface area contributed by atoms with E-state index in [9.17, 15) is 5.11 Å². The number of hydrogen-bond donors (Lipinski definition) is 2. The van der Waals surface area contributed by atoms with Gasteiger partial charge in [0.1, 0.15) is 5.75 Å². The average molecular weight is 271 g/mol. The summed E-state index contributed by atoms with van der Waals surface area (Å²) in [5, 5.41) is 15.8. The number of phenols is 1. The Hall–Kier alpha value is -1.58. The van der Waals surface area contributed by atoms with Crippen molar-refractivity contribution in [3.8, 4) is 5.75 Å². The van der Waals surface area contributed by atoms with Crippen LogP contribution in [0.2, 0.25) is 0 Å². The van der Waals surface area contributed by atoms with E-state index in [1.54, 1.807) is 6.07 Å². The molecule has 20 heavy (non-hydrogen) atoms. The molecule has 3 heteroatoms. The molecule has 2 N–H and O–H groups in total. The SMILES string of the molecule is Oc1ccc2ccccc2c1CNCCC1CCOC1. The van der Waals surface area contributed by atoms with Crippen LogP contribution in [-0.2, 0) is 11.3 Å². The van der Waals surface area contributed by atoms with Crippen LogP contribution in [-0.4, -0.2) is 24.9 Å². The highest BCUT2D eigenvalue weighted by molar-refractivity contribution is 5.87. The molecule has 1 aliphatic rings. The van der Waals surface area contributed by atoms with Gasteiger partial charge in [0.15, 0.2) is 0 Å². The van der Waals surface area contributed by atoms with Gasteiger partial charge in [-0.05, 0) is 42.1 Å². The van der Waals surface area contributed by atoms with Gasteiger partial charge >= 0.3 is 0 Å². The lowest BCUT2D eigenvalue weighted by atomic mass is 10.0. The first-order valence-corrected chi connectivity index (χ1v) is 7.32. The Bertz CT molecular complexity index is 576. The predicted octanol–water partition coefficient (Wildman–Crippen LogP) is 3.06. The molecule has 3 rings (SSSR count). The molecule has 1 saturated heterocycles.